The van der Waals surface area contributed by atoms with E-state index in [1.807, 2.05) is 71.6 Å². The molecule has 28 heavy (non-hydrogen) atoms. The lowest BCUT2D eigenvalue weighted by molar-refractivity contribution is -0.133. The molecule has 1 aromatic heterocycles. The first-order valence-electron chi connectivity index (χ1n) is 9.51. The van der Waals surface area contributed by atoms with Crippen LogP contribution in [0.3, 0.4) is 0 Å². The van der Waals surface area contributed by atoms with Crippen molar-refractivity contribution in [2.24, 2.45) is 0 Å². The number of hydrogen-bond donors (Lipinski definition) is 0. The molecule has 2 aromatic carbocycles. The smallest absolute Gasteiger partial charge is 0.260 e. The molecule has 142 valence electrons. The Labute approximate surface area is 165 Å². The number of anilines is 1. The predicted octanol–water partition coefficient (Wildman–Crippen LogP) is 3.48. The molecule has 0 aliphatic carbocycles. The molecule has 0 atom stereocenters. The summed E-state index contributed by atoms with van der Waals surface area (Å²) in [5, 5.41) is 0. The molecule has 0 unspecified atom stereocenters. The molecule has 2 heterocycles. The number of rotatable bonds is 5. The SMILES string of the molecule is O=C(COc1ccccc1-c1ccccc1)N1CCN(c2ccncc2)CC1. The highest BCUT2D eigenvalue weighted by Gasteiger charge is 2.21. The van der Waals surface area contributed by atoms with E-state index in [-0.39, 0.29) is 12.5 Å². The van der Waals surface area contributed by atoms with Crippen molar-refractivity contribution >= 4 is 11.6 Å². The van der Waals surface area contributed by atoms with E-state index in [1.54, 1.807) is 12.4 Å². The van der Waals surface area contributed by atoms with E-state index in [2.05, 4.69) is 9.88 Å². The van der Waals surface area contributed by atoms with Crippen LogP contribution in [0.4, 0.5) is 5.69 Å². The fourth-order valence-corrected chi connectivity index (χ4v) is 3.45. The van der Waals surface area contributed by atoms with Crippen molar-refractivity contribution in [3.05, 3.63) is 79.1 Å². The molecule has 0 bridgehead atoms. The molecule has 0 spiro atoms. The van der Waals surface area contributed by atoms with Crippen LogP contribution in [0, 0.1) is 0 Å². The summed E-state index contributed by atoms with van der Waals surface area (Å²) in [5.74, 6) is 0.759. The van der Waals surface area contributed by atoms with E-state index in [0.717, 1.165) is 35.7 Å². The van der Waals surface area contributed by atoms with Gasteiger partial charge in [-0.1, -0.05) is 48.5 Å². The standard InChI is InChI=1S/C23H23N3O2/c27-23(26-16-14-25(15-17-26)20-10-12-24-13-11-20)18-28-22-9-5-4-8-21(22)19-6-2-1-3-7-19/h1-13H,14-18H2. The lowest BCUT2D eigenvalue weighted by Gasteiger charge is -2.36. The van der Waals surface area contributed by atoms with Gasteiger partial charge >= 0.3 is 0 Å². The normalized spacial score (nSPS) is 14.0. The van der Waals surface area contributed by atoms with Gasteiger partial charge in [-0.05, 0) is 23.8 Å². The summed E-state index contributed by atoms with van der Waals surface area (Å²) in [5.41, 5.74) is 3.23. The summed E-state index contributed by atoms with van der Waals surface area (Å²) < 4.78 is 5.90. The van der Waals surface area contributed by atoms with Gasteiger partial charge in [-0.3, -0.25) is 9.78 Å². The summed E-state index contributed by atoms with van der Waals surface area (Å²) in [4.78, 5) is 20.8. The van der Waals surface area contributed by atoms with Gasteiger partial charge in [0.25, 0.3) is 5.91 Å². The van der Waals surface area contributed by atoms with Crippen LogP contribution in [0.5, 0.6) is 5.75 Å². The quantitative estimate of drug-likeness (QED) is 0.687. The molecule has 0 radical (unpaired) electrons. The largest absolute Gasteiger partial charge is 0.483 e. The average Bonchev–Trinajstić information content (AvgIpc) is 2.79. The monoisotopic (exact) mass is 373 g/mol. The van der Waals surface area contributed by atoms with Crippen LogP contribution in [-0.4, -0.2) is 48.6 Å². The Balaban J connectivity index is 1.35. The highest BCUT2D eigenvalue weighted by atomic mass is 16.5. The Hall–Kier alpha value is -3.34. The summed E-state index contributed by atoms with van der Waals surface area (Å²) in [6, 6.07) is 21.9. The number of para-hydroxylation sites is 1. The molecular weight excluding hydrogens is 350 g/mol. The van der Waals surface area contributed by atoms with Crippen LogP contribution in [0.1, 0.15) is 0 Å². The van der Waals surface area contributed by atoms with Crippen LogP contribution in [0.25, 0.3) is 11.1 Å². The van der Waals surface area contributed by atoms with E-state index < -0.39 is 0 Å². The molecule has 4 rings (SSSR count). The van der Waals surface area contributed by atoms with Crippen molar-refractivity contribution in [1.29, 1.82) is 0 Å². The maximum absolute atomic E-state index is 12.6. The van der Waals surface area contributed by atoms with E-state index in [0.29, 0.717) is 13.1 Å². The lowest BCUT2D eigenvalue weighted by Crippen LogP contribution is -2.50. The second kappa shape index (κ2) is 8.57. The number of amides is 1. The molecule has 0 N–H and O–H groups in total. The van der Waals surface area contributed by atoms with Crippen LogP contribution < -0.4 is 9.64 Å². The van der Waals surface area contributed by atoms with Crippen LogP contribution in [-0.2, 0) is 4.79 Å². The fourth-order valence-electron chi connectivity index (χ4n) is 3.45. The number of aromatic nitrogens is 1. The van der Waals surface area contributed by atoms with Crippen molar-refractivity contribution < 1.29 is 9.53 Å². The third kappa shape index (κ3) is 4.14. The van der Waals surface area contributed by atoms with Gasteiger partial charge in [-0.15, -0.1) is 0 Å². The first-order chi connectivity index (χ1) is 13.8. The highest BCUT2D eigenvalue weighted by Crippen LogP contribution is 2.29. The first-order valence-corrected chi connectivity index (χ1v) is 9.51. The summed E-state index contributed by atoms with van der Waals surface area (Å²) in [7, 11) is 0. The molecule has 1 amide bonds. The van der Waals surface area contributed by atoms with Crippen molar-refractivity contribution in [1.82, 2.24) is 9.88 Å². The zero-order chi connectivity index (χ0) is 19.2. The van der Waals surface area contributed by atoms with Gasteiger partial charge in [0.05, 0.1) is 0 Å². The zero-order valence-electron chi connectivity index (χ0n) is 15.7. The number of pyridine rings is 1. The molecule has 1 saturated heterocycles. The van der Waals surface area contributed by atoms with E-state index in [4.69, 9.17) is 4.74 Å². The van der Waals surface area contributed by atoms with Gasteiger partial charge in [0.2, 0.25) is 0 Å². The van der Waals surface area contributed by atoms with Gasteiger partial charge in [-0.2, -0.15) is 0 Å². The zero-order valence-corrected chi connectivity index (χ0v) is 15.7. The molecule has 5 heteroatoms. The lowest BCUT2D eigenvalue weighted by atomic mass is 10.1. The maximum Gasteiger partial charge on any atom is 0.260 e. The molecular formula is C23H23N3O2. The third-order valence-electron chi connectivity index (χ3n) is 4.98. The van der Waals surface area contributed by atoms with Gasteiger partial charge in [0.1, 0.15) is 5.75 Å². The minimum Gasteiger partial charge on any atom is -0.483 e. The first kappa shape index (κ1) is 18.0. The van der Waals surface area contributed by atoms with Crippen molar-refractivity contribution in [3.63, 3.8) is 0 Å². The summed E-state index contributed by atoms with van der Waals surface area (Å²) >= 11 is 0. The molecule has 3 aromatic rings. The Bertz CT molecular complexity index is 907. The minimum atomic E-state index is 0.0252. The van der Waals surface area contributed by atoms with Crippen LogP contribution >= 0.6 is 0 Å². The Morgan fingerprint density at radius 2 is 1.54 bits per heavy atom. The number of hydrogen-bond acceptors (Lipinski definition) is 4. The Morgan fingerprint density at radius 3 is 2.29 bits per heavy atom. The summed E-state index contributed by atoms with van der Waals surface area (Å²) in [6.07, 6.45) is 3.59. The second-order valence-corrected chi connectivity index (χ2v) is 6.72. The van der Waals surface area contributed by atoms with E-state index in [1.165, 1.54) is 0 Å². The molecule has 5 nitrogen and oxygen atoms in total. The second-order valence-electron chi connectivity index (χ2n) is 6.72. The average molecular weight is 373 g/mol. The topological polar surface area (TPSA) is 45.7 Å². The predicted molar refractivity (Wildman–Crippen MR) is 110 cm³/mol. The molecule has 1 fully saturated rings. The van der Waals surface area contributed by atoms with E-state index in [9.17, 15) is 4.79 Å². The number of carbonyl (C=O) groups is 1. The Morgan fingerprint density at radius 1 is 0.857 bits per heavy atom. The van der Waals surface area contributed by atoms with Gasteiger partial charge < -0.3 is 14.5 Å². The molecule has 0 saturated carbocycles. The van der Waals surface area contributed by atoms with Crippen LogP contribution in [0.2, 0.25) is 0 Å². The minimum absolute atomic E-state index is 0.0252. The van der Waals surface area contributed by atoms with Gasteiger partial charge in [0, 0.05) is 49.8 Å². The highest BCUT2D eigenvalue weighted by molar-refractivity contribution is 5.79. The fraction of sp³-hybridized carbons (Fsp3) is 0.217. The van der Waals surface area contributed by atoms with Gasteiger partial charge in [-0.25, -0.2) is 0 Å². The molecule has 1 aliphatic heterocycles. The summed E-state index contributed by atoms with van der Waals surface area (Å²) in [6.45, 7) is 3.08. The van der Waals surface area contributed by atoms with Crippen molar-refractivity contribution in [2.75, 3.05) is 37.7 Å². The maximum atomic E-state index is 12.6. The van der Waals surface area contributed by atoms with E-state index >= 15 is 0 Å². The Kier molecular flexibility index (Phi) is 5.52. The number of piperazine rings is 1. The van der Waals surface area contributed by atoms with Crippen molar-refractivity contribution in [3.8, 4) is 16.9 Å². The number of nitrogens with zero attached hydrogens (tertiary/aromatic N) is 3. The molecule has 1 aliphatic rings. The van der Waals surface area contributed by atoms with Crippen LogP contribution in [0.15, 0.2) is 79.1 Å². The van der Waals surface area contributed by atoms with Gasteiger partial charge in [0.15, 0.2) is 6.61 Å². The number of carbonyl (C=O) groups excluding carboxylic acids is 1. The third-order valence-corrected chi connectivity index (χ3v) is 4.98. The number of benzene rings is 2. The van der Waals surface area contributed by atoms with Crippen molar-refractivity contribution in [2.45, 2.75) is 0 Å². The number of ether oxygens (including phenoxy) is 1.